The predicted octanol–water partition coefficient (Wildman–Crippen LogP) is 1.32. The number of nitrogens with zero attached hydrogens (tertiary/aromatic N) is 2. The molecule has 1 aromatic rings. The Kier molecular flexibility index (Phi) is 5.59. The Balaban J connectivity index is 1.42. The average molecular weight is 332 g/mol. The number of nitrogens with one attached hydrogen (secondary N) is 2. The number of ketones is 1. The molecule has 0 bridgehead atoms. The zero-order valence-electron chi connectivity index (χ0n) is 13.3. The monoisotopic (exact) mass is 332 g/mol. The highest BCUT2D eigenvalue weighted by Gasteiger charge is 2.26. The van der Waals surface area contributed by atoms with Gasteiger partial charge in [0.1, 0.15) is 0 Å². The van der Waals surface area contributed by atoms with Crippen LogP contribution < -0.4 is 10.6 Å². The van der Waals surface area contributed by atoms with Crippen LogP contribution in [0.25, 0.3) is 0 Å². The number of carbonyl (C=O) groups is 1. The van der Waals surface area contributed by atoms with Crippen LogP contribution in [-0.4, -0.2) is 66.0 Å². The Hall–Kier alpha value is -1.50. The molecule has 1 aromatic carbocycles. The molecule has 3 rings (SSSR count). The minimum atomic E-state index is 0.0776. The number of hydrogen-bond acceptors (Lipinski definition) is 4. The molecule has 2 saturated heterocycles. The van der Waals surface area contributed by atoms with Gasteiger partial charge in [0.25, 0.3) is 0 Å². The van der Waals surface area contributed by atoms with Crippen LogP contribution in [0.1, 0.15) is 12.8 Å². The molecule has 0 saturated carbocycles. The molecule has 0 radical (unpaired) electrons. The maximum atomic E-state index is 12.2. The van der Waals surface area contributed by atoms with Crippen LogP contribution in [0.4, 0.5) is 5.69 Å². The maximum Gasteiger partial charge on any atom is 0.173 e. The van der Waals surface area contributed by atoms with Gasteiger partial charge in [-0.05, 0) is 43.7 Å². The third-order valence-corrected chi connectivity index (χ3v) is 4.87. The van der Waals surface area contributed by atoms with Gasteiger partial charge in [0.15, 0.2) is 10.9 Å². The van der Waals surface area contributed by atoms with Crippen molar-refractivity contribution in [3.63, 3.8) is 0 Å². The third-order valence-electron chi connectivity index (χ3n) is 4.51. The van der Waals surface area contributed by atoms with Crippen molar-refractivity contribution in [3.8, 4) is 0 Å². The van der Waals surface area contributed by atoms with Gasteiger partial charge in [-0.25, -0.2) is 0 Å². The number of carbonyl (C=O) groups excluding carboxylic acids is 1. The number of anilines is 1. The highest BCUT2D eigenvalue weighted by Crippen LogP contribution is 2.11. The van der Waals surface area contributed by atoms with Crippen LogP contribution in [0.2, 0.25) is 0 Å². The van der Waals surface area contributed by atoms with Crippen molar-refractivity contribution < 1.29 is 4.79 Å². The van der Waals surface area contributed by atoms with E-state index in [1.165, 1.54) is 0 Å². The summed E-state index contributed by atoms with van der Waals surface area (Å²) in [6, 6.07) is 10.1. The number of rotatable bonds is 4. The largest absolute Gasteiger partial charge is 0.346 e. The molecule has 5 nitrogen and oxygen atoms in total. The van der Waals surface area contributed by atoms with E-state index in [1.807, 2.05) is 30.3 Å². The van der Waals surface area contributed by atoms with Crippen LogP contribution in [0, 0.1) is 0 Å². The van der Waals surface area contributed by atoms with Gasteiger partial charge in [-0.3, -0.25) is 9.69 Å². The zero-order chi connectivity index (χ0) is 16.1. The number of thiocarbonyl (C=S) groups is 1. The maximum absolute atomic E-state index is 12.2. The summed E-state index contributed by atoms with van der Waals surface area (Å²) in [7, 11) is 0. The SMILES string of the molecule is O=C(CN1CCN(C(=S)Nc2ccccc2)CC1)C1CCCN1. The molecule has 1 unspecified atom stereocenters. The molecule has 6 heteroatoms. The lowest BCUT2D eigenvalue weighted by Gasteiger charge is -2.36. The average Bonchev–Trinajstić information content (AvgIpc) is 3.11. The second-order valence-corrected chi connectivity index (χ2v) is 6.56. The van der Waals surface area contributed by atoms with E-state index in [-0.39, 0.29) is 6.04 Å². The molecule has 0 aromatic heterocycles. The van der Waals surface area contributed by atoms with E-state index >= 15 is 0 Å². The molecule has 0 amide bonds. The molecule has 2 aliphatic rings. The van der Waals surface area contributed by atoms with Crippen molar-refractivity contribution in [2.24, 2.45) is 0 Å². The van der Waals surface area contributed by atoms with E-state index in [2.05, 4.69) is 20.4 Å². The third kappa shape index (κ3) is 4.50. The first-order valence-corrected chi connectivity index (χ1v) is 8.72. The molecule has 2 heterocycles. The van der Waals surface area contributed by atoms with E-state index < -0.39 is 0 Å². The summed E-state index contributed by atoms with van der Waals surface area (Å²) in [5, 5.41) is 7.32. The number of para-hydroxylation sites is 1. The lowest BCUT2D eigenvalue weighted by Crippen LogP contribution is -2.52. The fourth-order valence-corrected chi connectivity index (χ4v) is 3.42. The van der Waals surface area contributed by atoms with Crippen molar-refractivity contribution in [1.82, 2.24) is 15.1 Å². The van der Waals surface area contributed by atoms with Crippen molar-refractivity contribution >= 4 is 28.8 Å². The minimum absolute atomic E-state index is 0.0776. The summed E-state index contributed by atoms with van der Waals surface area (Å²) in [5.41, 5.74) is 1.02. The van der Waals surface area contributed by atoms with Crippen LogP contribution >= 0.6 is 12.2 Å². The Morgan fingerprint density at radius 3 is 2.61 bits per heavy atom. The van der Waals surface area contributed by atoms with Crippen LogP contribution in [0.15, 0.2) is 30.3 Å². The first-order valence-electron chi connectivity index (χ1n) is 8.32. The fourth-order valence-electron chi connectivity index (χ4n) is 3.12. The Morgan fingerprint density at radius 2 is 1.96 bits per heavy atom. The number of benzene rings is 1. The summed E-state index contributed by atoms with van der Waals surface area (Å²) in [4.78, 5) is 16.6. The molecule has 0 aliphatic carbocycles. The quantitative estimate of drug-likeness (QED) is 0.811. The molecular formula is C17H24N4OS. The smallest absolute Gasteiger partial charge is 0.173 e. The minimum Gasteiger partial charge on any atom is -0.346 e. The second-order valence-electron chi connectivity index (χ2n) is 6.17. The van der Waals surface area contributed by atoms with Crippen molar-refractivity contribution in [3.05, 3.63) is 30.3 Å². The van der Waals surface area contributed by atoms with Crippen molar-refractivity contribution in [2.45, 2.75) is 18.9 Å². The van der Waals surface area contributed by atoms with E-state index in [9.17, 15) is 4.79 Å². The molecule has 2 fully saturated rings. The first kappa shape index (κ1) is 16.4. The van der Waals surface area contributed by atoms with Gasteiger partial charge in [-0.15, -0.1) is 0 Å². The predicted molar refractivity (Wildman–Crippen MR) is 96.7 cm³/mol. The van der Waals surface area contributed by atoms with Gasteiger partial charge in [0, 0.05) is 31.9 Å². The topological polar surface area (TPSA) is 47.6 Å². The molecule has 1 atom stereocenters. The molecule has 0 spiro atoms. The molecule has 2 aliphatic heterocycles. The number of piperazine rings is 1. The van der Waals surface area contributed by atoms with Crippen LogP contribution in [0.5, 0.6) is 0 Å². The zero-order valence-corrected chi connectivity index (χ0v) is 14.1. The van der Waals surface area contributed by atoms with Gasteiger partial charge < -0.3 is 15.5 Å². The van der Waals surface area contributed by atoms with E-state index in [0.717, 1.165) is 56.4 Å². The second kappa shape index (κ2) is 7.86. The molecule has 124 valence electrons. The van der Waals surface area contributed by atoms with E-state index in [0.29, 0.717) is 12.3 Å². The van der Waals surface area contributed by atoms with Crippen molar-refractivity contribution in [1.29, 1.82) is 0 Å². The summed E-state index contributed by atoms with van der Waals surface area (Å²) in [6.07, 6.45) is 2.10. The van der Waals surface area contributed by atoms with E-state index in [1.54, 1.807) is 0 Å². The summed E-state index contributed by atoms with van der Waals surface area (Å²) in [5.74, 6) is 0.334. The lowest BCUT2D eigenvalue weighted by molar-refractivity contribution is -0.122. The Bertz CT molecular complexity index is 537. The standard InChI is InChI=1S/C17H24N4OS/c22-16(15-7-4-8-18-15)13-20-9-11-21(12-10-20)17(23)19-14-5-2-1-3-6-14/h1-3,5-6,15,18H,4,7-13H2,(H,19,23). The highest BCUT2D eigenvalue weighted by molar-refractivity contribution is 7.80. The van der Waals surface area contributed by atoms with Gasteiger partial charge in [-0.2, -0.15) is 0 Å². The van der Waals surface area contributed by atoms with Gasteiger partial charge in [0.05, 0.1) is 12.6 Å². The highest BCUT2D eigenvalue weighted by atomic mass is 32.1. The van der Waals surface area contributed by atoms with Crippen molar-refractivity contribution in [2.75, 3.05) is 44.6 Å². The lowest BCUT2D eigenvalue weighted by atomic mass is 10.1. The first-order chi connectivity index (χ1) is 11.2. The summed E-state index contributed by atoms with van der Waals surface area (Å²) >= 11 is 5.49. The number of hydrogen-bond donors (Lipinski definition) is 2. The molecule has 2 N–H and O–H groups in total. The summed E-state index contributed by atoms with van der Waals surface area (Å²) in [6.45, 7) is 5.03. The normalized spacial score (nSPS) is 22.1. The molecule has 23 heavy (non-hydrogen) atoms. The van der Waals surface area contributed by atoms with Gasteiger partial charge in [-0.1, -0.05) is 18.2 Å². The Morgan fingerprint density at radius 1 is 1.22 bits per heavy atom. The van der Waals surface area contributed by atoms with Gasteiger partial charge >= 0.3 is 0 Å². The van der Waals surface area contributed by atoms with Crippen LogP contribution in [-0.2, 0) is 4.79 Å². The van der Waals surface area contributed by atoms with E-state index in [4.69, 9.17) is 12.2 Å². The fraction of sp³-hybridized carbons (Fsp3) is 0.529. The summed E-state index contributed by atoms with van der Waals surface area (Å²) < 4.78 is 0. The Labute approximate surface area is 143 Å². The van der Waals surface area contributed by atoms with Crippen LogP contribution in [0.3, 0.4) is 0 Å². The molecular weight excluding hydrogens is 308 g/mol. The number of Topliss-reactive ketones (excluding diaryl/α,β-unsaturated/α-hetero) is 1. The van der Waals surface area contributed by atoms with Gasteiger partial charge in [0.2, 0.25) is 0 Å².